The fourth-order valence-electron chi connectivity index (χ4n) is 3.45. The molecule has 1 aliphatic rings. The van der Waals surface area contributed by atoms with Crippen LogP contribution in [0.5, 0.6) is 0 Å². The third-order valence-corrected chi connectivity index (χ3v) is 4.81. The number of nitrogens with zero attached hydrogens (tertiary/aromatic N) is 2. The lowest BCUT2D eigenvalue weighted by molar-refractivity contribution is 0.276. The number of aryl methyl sites for hydroxylation is 1. The van der Waals surface area contributed by atoms with Crippen LogP contribution in [0.2, 0.25) is 0 Å². The predicted octanol–water partition coefficient (Wildman–Crippen LogP) is 3.80. The highest BCUT2D eigenvalue weighted by molar-refractivity contribution is 5.24. The molecule has 0 radical (unpaired) electrons. The van der Waals surface area contributed by atoms with Gasteiger partial charge in [0.2, 0.25) is 0 Å². The maximum atomic E-state index is 6.68. The molecular weight excluding hydrogens is 258 g/mol. The zero-order valence-corrected chi connectivity index (χ0v) is 12.8. The van der Waals surface area contributed by atoms with Crippen LogP contribution < -0.4 is 5.73 Å². The summed E-state index contributed by atoms with van der Waals surface area (Å²) in [5.74, 6) is 0.661. The first-order chi connectivity index (χ1) is 10.2. The van der Waals surface area contributed by atoms with Crippen molar-refractivity contribution in [3.05, 3.63) is 53.9 Å². The molecule has 0 spiro atoms. The van der Waals surface area contributed by atoms with Gasteiger partial charge < -0.3 is 5.73 Å². The zero-order valence-electron chi connectivity index (χ0n) is 12.8. The van der Waals surface area contributed by atoms with E-state index >= 15 is 0 Å². The van der Waals surface area contributed by atoms with Crippen molar-refractivity contribution >= 4 is 0 Å². The summed E-state index contributed by atoms with van der Waals surface area (Å²) < 4.78 is 2.02. The Labute approximate surface area is 127 Å². The Morgan fingerprint density at radius 1 is 1.24 bits per heavy atom. The van der Waals surface area contributed by atoms with Crippen LogP contribution in [0.1, 0.15) is 56.1 Å². The zero-order chi connectivity index (χ0) is 14.7. The minimum absolute atomic E-state index is 0.183. The molecule has 0 amide bonds. The molecule has 0 atom stereocenters. The van der Waals surface area contributed by atoms with E-state index in [4.69, 9.17) is 5.73 Å². The van der Waals surface area contributed by atoms with Gasteiger partial charge in [0.05, 0.1) is 6.20 Å². The highest BCUT2D eigenvalue weighted by Crippen LogP contribution is 2.41. The molecule has 2 aromatic rings. The van der Waals surface area contributed by atoms with E-state index in [1.54, 1.807) is 0 Å². The van der Waals surface area contributed by atoms with Gasteiger partial charge in [0.15, 0.2) is 0 Å². The van der Waals surface area contributed by atoms with Gasteiger partial charge in [-0.15, -0.1) is 0 Å². The molecule has 21 heavy (non-hydrogen) atoms. The van der Waals surface area contributed by atoms with E-state index in [0.29, 0.717) is 5.92 Å². The van der Waals surface area contributed by atoms with Crippen molar-refractivity contribution in [1.82, 2.24) is 9.78 Å². The third kappa shape index (κ3) is 3.03. The Kier molecular flexibility index (Phi) is 4.11. The minimum Gasteiger partial charge on any atom is -0.321 e. The van der Waals surface area contributed by atoms with Gasteiger partial charge in [0, 0.05) is 23.8 Å². The smallest absolute Gasteiger partial charge is 0.0540 e. The summed E-state index contributed by atoms with van der Waals surface area (Å²) in [4.78, 5) is 0. The normalized spacial score (nSPS) is 25.9. The Bertz CT molecular complexity index is 565. The van der Waals surface area contributed by atoms with Crippen molar-refractivity contribution in [2.45, 2.75) is 57.0 Å². The molecule has 0 aliphatic heterocycles. The van der Waals surface area contributed by atoms with Crippen LogP contribution in [0.3, 0.4) is 0 Å². The molecule has 1 aromatic carbocycles. The first-order valence-corrected chi connectivity index (χ1v) is 8.08. The average molecular weight is 283 g/mol. The number of rotatable bonds is 4. The van der Waals surface area contributed by atoms with Crippen molar-refractivity contribution in [3.8, 4) is 0 Å². The van der Waals surface area contributed by atoms with Crippen LogP contribution in [0.15, 0.2) is 42.7 Å². The van der Waals surface area contributed by atoms with Crippen LogP contribution in [-0.4, -0.2) is 9.78 Å². The fourth-order valence-corrected chi connectivity index (χ4v) is 3.45. The van der Waals surface area contributed by atoms with E-state index in [1.807, 2.05) is 10.9 Å². The van der Waals surface area contributed by atoms with Gasteiger partial charge in [0.1, 0.15) is 0 Å². The van der Waals surface area contributed by atoms with Gasteiger partial charge in [-0.3, -0.25) is 4.68 Å². The summed E-state index contributed by atoms with van der Waals surface area (Å²) in [6.07, 6.45) is 9.65. The Morgan fingerprint density at radius 3 is 2.62 bits per heavy atom. The van der Waals surface area contributed by atoms with Crippen molar-refractivity contribution in [2.24, 2.45) is 5.73 Å². The molecule has 0 bridgehead atoms. The van der Waals surface area contributed by atoms with E-state index < -0.39 is 0 Å². The van der Waals surface area contributed by atoms with Crippen LogP contribution in [0, 0.1) is 0 Å². The second-order valence-corrected chi connectivity index (χ2v) is 6.33. The van der Waals surface area contributed by atoms with E-state index in [2.05, 4.69) is 48.6 Å². The third-order valence-electron chi connectivity index (χ3n) is 4.81. The van der Waals surface area contributed by atoms with E-state index in [1.165, 1.54) is 24.0 Å². The van der Waals surface area contributed by atoms with Crippen molar-refractivity contribution in [2.75, 3.05) is 0 Å². The maximum Gasteiger partial charge on any atom is 0.0540 e. The van der Waals surface area contributed by atoms with Gasteiger partial charge in [-0.1, -0.05) is 37.3 Å². The van der Waals surface area contributed by atoms with Gasteiger partial charge in [-0.05, 0) is 43.6 Å². The molecule has 3 nitrogen and oxygen atoms in total. The predicted molar refractivity (Wildman–Crippen MR) is 86.0 cm³/mol. The molecule has 1 saturated carbocycles. The highest BCUT2D eigenvalue weighted by atomic mass is 15.3. The second kappa shape index (κ2) is 6.02. The molecule has 0 unspecified atom stereocenters. The van der Waals surface area contributed by atoms with Crippen molar-refractivity contribution < 1.29 is 0 Å². The van der Waals surface area contributed by atoms with Crippen molar-refractivity contribution in [1.29, 1.82) is 0 Å². The van der Waals surface area contributed by atoms with Gasteiger partial charge in [0.25, 0.3) is 0 Å². The molecule has 1 aromatic heterocycles. The van der Waals surface area contributed by atoms with Crippen LogP contribution >= 0.6 is 0 Å². The summed E-state index contributed by atoms with van der Waals surface area (Å²) in [5, 5.41) is 4.44. The number of benzene rings is 1. The van der Waals surface area contributed by atoms with Crippen LogP contribution in [0.4, 0.5) is 0 Å². The van der Waals surface area contributed by atoms with Crippen molar-refractivity contribution in [3.63, 3.8) is 0 Å². The molecule has 2 N–H and O–H groups in total. The number of hydrogen-bond acceptors (Lipinski definition) is 2. The summed E-state index contributed by atoms with van der Waals surface area (Å²) >= 11 is 0. The molecule has 112 valence electrons. The Hall–Kier alpha value is -1.61. The quantitative estimate of drug-likeness (QED) is 0.927. The van der Waals surface area contributed by atoms with Crippen LogP contribution in [-0.2, 0) is 12.1 Å². The summed E-state index contributed by atoms with van der Waals surface area (Å²) in [6, 6.07) is 10.8. The maximum absolute atomic E-state index is 6.68. The monoisotopic (exact) mass is 283 g/mol. The SMILES string of the molecule is CCCn1cc(C2(N)CCC(c3ccccc3)CC2)cn1. The van der Waals surface area contributed by atoms with Crippen LogP contribution in [0.25, 0.3) is 0 Å². The fraction of sp³-hybridized carbons (Fsp3) is 0.500. The molecular formula is C18H25N3. The Morgan fingerprint density at radius 2 is 1.95 bits per heavy atom. The van der Waals surface area contributed by atoms with E-state index in [-0.39, 0.29) is 5.54 Å². The second-order valence-electron chi connectivity index (χ2n) is 6.33. The first-order valence-electron chi connectivity index (χ1n) is 8.08. The lowest BCUT2D eigenvalue weighted by Gasteiger charge is -2.36. The van der Waals surface area contributed by atoms with Gasteiger partial charge in [-0.2, -0.15) is 5.10 Å². The number of hydrogen-bond donors (Lipinski definition) is 1. The van der Waals surface area contributed by atoms with Gasteiger partial charge in [-0.25, -0.2) is 0 Å². The topological polar surface area (TPSA) is 43.8 Å². The molecule has 3 rings (SSSR count). The largest absolute Gasteiger partial charge is 0.321 e. The highest BCUT2D eigenvalue weighted by Gasteiger charge is 2.34. The lowest BCUT2D eigenvalue weighted by Crippen LogP contribution is -2.39. The Balaban J connectivity index is 1.68. The molecule has 0 saturated heterocycles. The van der Waals surface area contributed by atoms with Gasteiger partial charge >= 0.3 is 0 Å². The molecule has 1 heterocycles. The van der Waals surface area contributed by atoms with E-state index in [0.717, 1.165) is 25.8 Å². The standard InChI is InChI=1S/C18H25N3/c1-2-12-21-14-17(13-20-21)18(19)10-8-16(9-11-18)15-6-4-3-5-7-15/h3-7,13-14,16H,2,8-12,19H2,1H3. The summed E-state index contributed by atoms with van der Waals surface area (Å²) in [6.45, 7) is 3.15. The first kappa shape index (κ1) is 14.3. The minimum atomic E-state index is -0.183. The summed E-state index contributed by atoms with van der Waals surface area (Å²) in [7, 11) is 0. The van der Waals surface area contributed by atoms with E-state index in [9.17, 15) is 0 Å². The lowest BCUT2D eigenvalue weighted by atomic mass is 9.72. The molecule has 1 fully saturated rings. The summed E-state index contributed by atoms with van der Waals surface area (Å²) in [5.41, 5.74) is 9.16. The average Bonchev–Trinajstić information content (AvgIpc) is 2.99. The molecule has 3 heteroatoms. The number of aromatic nitrogens is 2. The molecule has 1 aliphatic carbocycles. The number of nitrogens with two attached hydrogens (primary N) is 1.